The van der Waals surface area contributed by atoms with E-state index in [1.807, 2.05) is 43.0 Å². The van der Waals surface area contributed by atoms with Crippen molar-refractivity contribution in [3.05, 3.63) is 34.9 Å². The number of thioether (sulfide) groups is 1. The zero-order chi connectivity index (χ0) is 14.9. The average Bonchev–Trinajstić information content (AvgIpc) is 2.48. The lowest BCUT2D eigenvalue weighted by atomic mass is 9.72. The van der Waals surface area contributed by atoms with Crippen LogP contribution >= 0.6 is 23.4 Å². The molecule has 2 heterocycles. The summed E-state index contributed by atoms with van der Waals surface area (Å²) in [6.07, 6.45) is 4.08. The maximum absolute atomic E-state index is 11.1. The van der Waals surface area contributed by atoms with E-state index in [1.165, 1.54) is 11.5 Å². The summed E-state index contributed by atoms with van der Waals surface area (Å²) >= 11 is 8.10. The second-order valence-corrected chi connectivity index (χ2v) is 8.15. The Morgan fingerprint density at radius 2 is 2.14 bits per heavy atom. The molecule has 0 aromatic heterocycles. The van der Waals surface area contributed by atoms with Gasteiger partial charge in [-0.2, -0.15) is 11.8 Å². The molecule has 2 saturated heterocycles. The minimum Gasteiger partial charge on any atom is -0.385 e. The fraction of sp³-hybridized carbons (Fsp3) is 0.647. The molecule has 21 heavy (non-hydrogen) atoms. The van der Waals surface area contributed by atoms with E-state index in [4.69, 9.17) is 16.3 Å². The van der Waals surface area contributed by atoms with Crippen molar-refractivity contribution in [1.29, 1.82) is 0 Å². The number of rotatable bonds is 2. The van der Waals surface area contributed by atoms with Crippen LogP contribution in [0.1, 0.15) is 38.2 Å². The molecule has 0 radical (unpaired) electrons. The van der Waals surface area contributed by atoms with E-state index in [-0.39, 0.29) is 11.5 Å². The Morgan fingerprint density at radius 3 is 2.86 bits per heavy atom. The Labute approximate surface area is 136 Å². The Balaban J connectivity index is 1.81. The molecule has 0 bridgehead atoms. The largest absolute Gasteiger partial charge is 0.385 e. The fourth-order valence-corrected chi connectivity index (χ4v) is 5.07. The predicted octanol–water partition coefficient (Wildman–Crippen LogP) is 4.24. The summed E-state index contributed by atoms with van der Waals surface area (Å²) in [6, 6.07) is 7.63. The van der Waals surface area contributed by atoms with Gasteiger partial charge in [0.15, 0.2) is 0 Å². The quantitative estimate of drug-likeness (QED) is 0.881. The summed E-state index contributed by atoms with van der Waals surface area (Å²) < 4.78 is 6.14. The second-order valence-electron chi connectivity index (χ2n) is 6.49. The lowest BCUT2D eigenvalue weighted by Gasteiger charge is -2.47. The standard InChI is InChI=1S/C17H23ClO2S/c1-16(19,13-3-2-4-15(18)11-13)14-5-8-20-17(12-14)6-9-21-10-7-17/h2-4,11,14,19H,5-10,12H2,1H3. The predicted molar refractivity (Wildman–Crippen MR) is 89.0 cm³/mol. The Hall–Kier alpha value is -0.220. The molecule has 116 valence electrons. The minimum absolute atomic E-state index is 0.00324. The molecule has 2 aliphatic rings. The molecular weight excluding hydrogens is 304 g/mol. The average molecular weight is 327 g/mol. The first kappa shape index (κ1) is 15.7. The van der Waals surface area contributed by atoms with Gasteiger partial charge in [0, 0.05) is 11.6 Å². The van der Waals surface area contributed by atoms with Crippen molar-refractivity contribution >= 4 is 23.4 Å². The second kappa shape index (κ2) is 6.11. The van der Waals surface area contributed by atoms with E-state index < -0.39 is 5.60 Å². The van der Waals surface area contributed by atoms with Crippen LogP contribution < -0.4 is 0 Å². The summed E-state index contributed by atoms with van der Waals surface area (Å²) in [5.74, 6) is 2.57. The number of aliphatic hydroxyl groups is 1. The summed E-state index contributed by atoms with van der Waals surface area (Å²) in [7, 11) is 0. The van der Waals surface area contributed by atoms with Crippen LogP contribution in [0.3, 0.4) is 0 Å². The normalized spacial score (nSPS) is 28.2. The molecule has 1 aromatic rings. The summed E-state index contributed by atoms with van der Waals surface area (Å²) in [6.45, 7) is 2.69. The Morgan fingerprint density at radius 1 is 1.38 bits per heavy atom. The van der Waals surface area contributed by atoms with Crippen molar-refractivity contribution in [2.24, 2.45) is 5.92 Å². The van der Waals surface area contributed by atoms with Crippen LogP contribution in [-0.2, 0) is 10.3 Å². The summed E-state index contributed by atoms with van der Waals surface area (Å²) in [5.41, 5.74) is 0.0745. The van der Waals surface area contributed by atoms with Gasteiger partial charge in [0.25, 0.3) is 0 Å². The lowest BCUT2D eigenvalue weighted by molar-refractivity contribution is -0.144. The van der Waals surface area contributed by atoms with Crippen molar-refractivity contribution in [1.82, 2.24) is 0 Å². The van der Waals surface area contributed by atoms with Crippen LogP contribution in [0, 0.1) is 5.92 Å². The third-order valence-electron chi connectivity index (χ3n) is 5.10. The highest BCUT2D eigenvalue weighted by Crippen LogP contribution is 2.45. The van der Waals surface area contributed by atoms with Crippen LogP contribution in [-0.4, -0.2) is 28.8 Å². The summed E-state index contributed by atoms with van der Waals surface area (Å²) in [5, 5.41) is 11.8. The smallest absolute Gasteiger partial charge is 0.0898 e. The molecule has 4 heteroatoms. The molecule has 0 saturated carbocycles. The van der Waals surface area contributed by atoms with Gasteiger partial charge in [0.1, 0.15) is 0 Å². The molecule has 1 aromatic carbocycles. The Kier molecular flexibility index (Phi) is 4.56. The van der Waals surface area contributed by atoms with Crippen LogP contribution in [0.2, 0.25) is 5.02 Å². The van der Waals surface area contributed by atoms with Crippen LogP contribution in [0.5, 0.6) is 0 Å². The van der Waals surface area contributed by atoms with E-state index >= 15 is 0 Å². The van der Waals surface area contributed by atoms with E-state index in [9.17, 15) is 5.11 Å². The highest BCUT2D eigenvalue weighted by Gasteiger charge is 2.45. The van der Waals surface area contributed by atoms with Gasteiger partial charge in [-0.1, -0.05) is 23.7 Å². The fourth-order valence-electron chi connectivity index (χ4n) is 3.64. The third kappa shape index (κ3) is 3.26. The molecule has 0 amide bonds. The molecule has 2 fully saturated rings. The van der Waals surface area contributed by atoms with Gasteiger partial charge in [-0.15, -0.1) is 0 Å². The van der Waals surface area contributed by atoms with Crippen molar-refractivity contribution in [2.45, 2.75) is 43.8 Å². The first-order valence-corrected chi connectivity index (χ1v) is 9.25. The molecule has 2 aliphatic heterocycles. The SMILES string of the molecule is CC(O)(c1cccc(Cl)c1)C1CCOC2(CCSCC2)C1. The van der Waals surface area contributed by atoms with Gasteiger partial charge < -0.3 is 9.84 Å². The molecule has 1 spiro atoms. The molecule has 2 nitrogen and oxygen atoms in total. The molecule has 2 unspecified atom stereocenters. The van der Waals surface area contributed by atoms with E-state index in [1.54, 1.807) is 0 Å². The van der Waals surface area contributed by atoms with Crippen molar-refractivity contribution in [2.75, 3.05) is 18.1 Å². The first-order valence-electron chi connectivity index (χ1n) is 7.72. The molecule has 0 aliphatic carbocycles. The number of ether oxygens (including phenoxy) is 1. The zero-order valence-electron chi connectivity index (χ0n) is 12.5. The van der Waals surface area contributed by atoms with Crippen LogP contribution in [0.15, 0.2) is 24.3 Å². The molecule has 1 N–H and O–H groups in total. The lowest BCUT2D eigenvalue weighted by Crippen LogP contribution is -2.47. The number of hydrogen-bond acceptors (Lipinski definition) is 3. The van der Waals surface area contributed by atoms with E-state index in [2.05, 4.69) is 0 Å². The van der Waals surface area contributed by atoms with Gasteiger partial charge >= 0.3 is 0 Å². The Bertz CT molecular complexity index is 492. The van der Waals surface area contributed by atoms with Gasteiger partial charge in [-0.05, 0) is 67.7 Å². The van der Waals surface area contributed by atoms with Crippen molar-refractivity contribution in [3.63, 3.8) is 0 Å². The van der Waals surface area contributed by atoms with Gasteiger partial charge in [-0.25, -0.2) is 0 Å². The van der Waals surface area contributed by atoms with Crippen LogP contribution in [0.25, 0.3) is 0 Å². The summed E-state index contributed by atoms with van der Waals surface area (Å²) in [4.78, 5) is 0. The molecule has 3 rings (SSSR count). The maximum atomic E-state index is 11.1. The molecular formula is C17H23ClO2S. The monoisotopic (exact) mass is 326 g/mol. The molecule has 2 atom stereocenters. The highest BCUT2D eigenvalue weighted by atomic mass is 35.5. The van der Waals surface area contributed by atoms with E-state index in [0.29, 0.717) is 5.02 Å². The highest BCUT2D eigenvalue weighted by molar-refractivity contribution is 7.99. The number of benzene rings is 1. The van der Waals surface area contributed by atoms with Gasteiger partial charge in [0.05, 0.1) is 11.2 Å². The van der Waals surface area contributed by atoms with Crippen LogP contribution in [0.4, 0.5) is 0 Å². The third-order valence-corrected chi connectivity index (χ3v) is 6.32. The topological polar surface area (TPSA) is 29.5 Å². The number of hydrogen-bond donors (Lipinski definition) is 1. The number of halogens is 1. The van der Waals surface area contributed by atoms with E-state index in [0.717, 1.165) is 37.9 Å². The minimum atomic E-state index is -0.841. The van der Waals surface area contributed by atoms with Crippen molar-refractivity contribution in [3.8, 4) is 0 Å². The van der Waals surface area contributed by atoms with Crippen molar-refractivity contribution < 1.29 is 9.84 Å². The zero-order valence-corrected chi connectivity index (χ0v) is 14.1. The van der Waals surface area contributed by atoms with Gasteiger partial charge in [0.2, 0.25) is 0 Å². The van der Waals surface area contributed by atoms with Gasteiger partial charge in [-0.3, -0.25) is 0 Å². The maximum Gasteiger partial charge on any atom is 0.0898 e. The first-order chi connectivity index (χ1) is 10.0.